The summed E-state index contributed by atoms with van der Waals surface area (Å²) in [4.78, 5) is 0. The SMILES string of the molecule is CCOc1cccc(C(O)Cc2ccccc2)c1. The minimum Gasteiger partial charge on any atom is -0.494 e. The van der Waals surface area contributed by atoms with Gasteiger partial charge in [-0.15, -0.1) is 0 Å². The van der Waals surface area contributed by atoms with Crippen LogP contribution in [0.3, 0.4) is 0 Å². The average Bonchev–Trinajstić information content (AvgIpc) is 2.40. The van der Waals surface area contributed by atoms with Gasteiger partial charge in [-0.2, -0.15) is 0 Å². The number of aliphatic hydroxyl groups is 1. The van der Waals surface area contributed by atoms with Crippen molar-refractivity contribution in [3.05, 3.63) is 65.7 Å². The Hall–Kier alpha value is -1.80. The van der Waals surface area contributed by atoms with Gasteiger partial charge >= 0.3 is 0 Å². The van der Waals surface area contributed by atoms with E-state index in [2.05, 4.69) is 0 Å². The van der Waals surface area contributed by atoms with Gasteiger partial charge in [0.15, 0.2) is 0 Å². The van der Waals surface area contributed by atoms with Gasteiger partial charge in [0, 0.05) is 6.42 Å². The molecular formula is C16H18O2. The van der Waals surface area contributed by atoms with Gasteiger partial charge in [-0.25, -0.2) is 0 Å². The van der Waals surface area contributed by atoms with E-state index in [0.717, 1.165) is 16.9 Å². The maximum Gasteiger partial charge on any atom is 0.119 e. The Morgan fingerprint density at radius 3 is 2.56 bits per heavy atom. The van der Waals surface area contributed by atoms with Crippen molar-refractivity contribution >= 4 is 0 Å². The van der Waals surface area contributed by atoms with Gasteiger partial charge in [0.05, 0.1) is 12.7 Å². The van der Waals surface area contributed by atoms with E-state index in [1.165, 1.54) is 0 Å². The first kappa shape index (κ1) is 12.7. The van der Waals surface area contributed by atoms with Crippen LogP contribution in [0.1, 0.15) is 24.2 Å². The molecule has 2 heteroatoms. The quantitative estimate of drug-likeness (QED) is 0.871. The lowest BCUT2D eigenvalue weighted by molar-refractivity contribution is 0.178. The van der Waals surface area contributed by atoms with Crippen LogP contribution in [0.5, 0.6) is 5.75 Å². The predicted molar refractivity (Wildman–Crippen MR) is 72.7 cm³/mol. The van der Waals surface area contributed by atoms with Crippen LogP contribution in [-0.2, 0) is 6.42 Å². The van der Waals surface area contributed by atoms with Gasteiger partial charge in [0.1, 0.15) is 5.75 Å². The fourth-order valence-corrected chi connectivity index (χ4v) is 1.93. The summed E-state index contributed by atoms with van der Waals surface area (Å²) in [5, 5.41) is 10.2. The third-order valence-electron chi connectivity index (χ3n) is 2.83. The van der Waals surface area contributed by atoms with E-state index in [-0.39, 0.29) is 0 Å². The summed E-state index contributed by atoms with van der Waals surface area (Å²) in [6, 6.07) is 17.6. The molecule has 0 bridgehead atoms. The lowest BCUT2D eigenvalue weighted by atomic mass is 10.0. The molecule has 0 radical (unpaired) electrons. The molecule has 0 saturated heterocycles. The first-order valence-corrected chi connectivity index (χ1v) is 6.24. The Morgan fingerprint density at radius 1 is 1.06 bits per heavy atom. The van der Waals surface area contributed by atoms with E-state index in [1.807, 2.05) is 61.5 Å². The Kier molecular flexibility index (Phi) is 4.37. The molecule has 94 valence electrons. The van der Waals surface area contributed by atoms with Crippen molar-refractivity contribution in [1.29, 1.82) is 0 Å². The van der Waals surface area contributed by atoms with E-state index >= 15 is 0 Å². The fraction of sp³-hybridized carbons (Fsp3) is 0.250. The van der Waals surface area contributed by atoms with Crippen LogP contribution in [0.15, 0.2) is 54.6 Å². The molecule has 2 rings (SSSR count). The highest BCUT2D eigenvalue weighted by atomic mass is 16.5. The third kappa shape index (κ3) is 3.34. The summed E-state index contributed by atoms with van der Waals surface area (Å²) in [7, 11) is 0. The number of hydrogen-bond donors (Lipinski definition) is 1. The van der Waals surface area contributed by atoms with Crippen molar-refractivity contribution in [2.24, 2.45) is 0 Å². The average molecular weight is 242 g/mol. The molecule has 0 aliphatic carbocycles. The normalized spacial score (nSPS) is 12.1. The summed E-state index contributed by atoms with van der Waals surface area (Å²) in [6.45, 7) is 2.59. The molecule has 1 N–H and O–H groups in total. The Morgan fingerprint density at radius 2 is 1.83 bits per heavy atom. The highest BCUT2D eigenvalue weighted by Gasteiger charge is 2.09. The van der Waals surface area contributed by atoms with Crippen LogP contribution in [0, 0.1) is 0 Å². The van der Waals surface area contributed by atoms with E-state index in [0.29, 0.717) is 13.0 Å². The first-order chi connectivity index (χ1) is 8.79. The number of ether oxygens (including phenoxy) is 1. The maximum atomic E-state index is 10.2. The van der Waals surface area contributed by atoms with Crippen LogP contribution in [-0.4, -0.2) is 11.7 Å². The molecule has 0 saturated carbocycles. The Balaban J connectivity index is 2.08. The van der Waals surface area contributed by atoms with E-state index in [4.69, 9.17) is 4.74 Å². The number of benzene rings is 2. The van der Waals surface area contributed by atoms with Crippen molar-refractivity contribution in [3.8, 4) is 5.75 Å². The highest BCUT2D eigenvalue weighted by Crippen LogP contribution is 2.22. The van der Waals surface area contributed by atoms with Crippen molar-refractivity contribution in [2.45, 2.75) is 19.4 Å². The summed E-state index contributed by atoms with van der Waals surface area (Å²) in [5.41, 5.74) is 2.02. The second-order valence-electron chi connectivity index (χ2n) is 4.21. The molecule has 1 unspecified atom stereocenters. The first-order valence-electron chi connectivity index (χ1n) is 6.24. The molecule has 1 atom stereocenters. The summed E-state index contributed by atoms with van der Waals surface area (Å²) < 4.78 is 5.44. The number of aliphatic hydroxyl groups excluding tert-OH is 1. The monoisotopic (exact) mass is 242 g/mol. The molecule has 2 nitrogen and oxygen atoms in total. The van der Waals surface area contributed by atoms with Crippen LogP contribution < -0.4 is 4.74 Å². The van der Waals surface area contributed by atoms with Gasteiger partial charge < -0.3 is 9.84 Å². The molecule has 2 aromatic carbocycles. The second kappa shape index (κ2) is 6.22. The number of rotatable bonds is 5. The van der Waals surface area contributed by atoms with Gasteiger partial charge in [0.25, 0.3) is 0 Å². The standard InChI is InChI=1S/C16H18O2/c1-2-18-15-10-6-9-14(12-15)16(17)11-13-7-4-3-5-8-13/h3-10,12,16-17H,2,11H2,1H3. The van der Waals surface area contributed by atoms with Gasteiger partial charge in [-0.1, -0.05) is 42.5 Å². The fourth-order valence-electron chi connectivity index (χ4n) is 1.93. The third-order valence-corrected chi connectivity index (χ3v) is 2.83. The lowest BCUT2D eigenvalue weighted by Crippen LogP contribution is -2.02. The molecule has 0 aromatic heterocycles. The van der Waals surface area contributed by atoms with Crippen molar-refractivity contribution in [2.75, 3.05) is 6.61 Å². The van der Waals surface area contributed by atoms with Crippen molar-refractivity contribution < 1.29 is 9.84 Å². The summed E-state index contributed by atoms with van der Waals surface area (Å²) >= 11 is 0. The predicted octanol–water partition coefficient (Wildman–Crippen LogP) is 3.36. The molecule has 2 aromatic rings. The van der Waals surface area contributed by atoms with Gasteiger partial charge in [0.2, 0.25) is 0 Å². The van der Waals surface area contributed by atoms with Crippen LogP contribution in [0.4, 0.5) is 0 Å². The van der Waals surface area contributed by atoms with Crippen LogP contribution >= 0.6 is 0 Å². The molecule has 0 heterocycles. The smallest absolute Gasteiger partial charge is 0.119 e. The Labute approximate surface area is 108 Å². The molecule has 0 aliphatic rings. The summed E-state index contributed by atoms with van der Waals surface area (Å²) in [5.74, 6) is 0.808. The molecular weight excluding hydrogens is 224 g/mol. The minimum absolute atomic E-state index is 0.493. The van der Waals surface area contributed by atoms with Gasteiger partial charge in [-0.05, 0) is 30.2 Å². The highest BCUT2D eigenvalue weighted by molar-refractivity contribution is 5.31. The number of hydrogen-bond acceptors (Lipinski definition) is 2. The molecule has 0 fully saturated rings. The zero-order valence-corrected chi connectivity index (χ0v) is 10.5. The molecule has 0 aliphatic heterocycles. The van der Waals surface area contributed by atoms with E-state index in [1.54, 1.807) is 0 Å². The maximum absolute atomic E-state index is 10.2. The second-order valence-corrected chi connectivity index (χ2v) is 4.21. The van der Waals surface area contributed by atoms with Crippen LogP contribution in [0.25, 0.3) is 0 Å². The zero-order valence-electron chi connectivity index (χ0n) is 10.5. The van der Waals surface area contributed by atoms with Gasteiger partial charge in [-0.3, -0.25) is 0 Å². The van der Waals surface area contributed by atoms with Crippen molar-refractivity contribution in [3.63, 3.8) is 0 Å². The molecule has 0 spiro atoms. The summed E-state index contributed by atoms with van der Waals surface area (Å²) in [6.07, 6.45) is 0.129. The molecule has 0 amide bonds. The van der Waals surface area contributed by atoms with Crippen LogP contribution in [0.2, 0.25) is 0 Å². The molecule has 18 heavy (non-hydrogen) atoms. The van der Waals surface area contributed by atoms with Crippen molar-refractivity contribution in [1.82, 2.24) is 0 Å². The largest absolute Gasteiger partial charge is 0.494 e. The zero-order chi connectivity index (χ0) is 12.8. The van der Waals surface area contributed by atoms with E-state index < -0.39 is 6.10 Å². The van der Waals surface area contributed by atoms with E-state index in [9.17, 15) is 5.11 Å². The minimum atomic E-state index is -0.493. The Bertz CT molecular complexity index is 479. The topological polar surface area (TPSA) is 29.5 Å². The lowest BCUT2D eigenvalue weighted by Gasteiger charge is -2.12.